The van der Waals surface area contributed by atoms with Crippen LogP contribution in [0.1, 0.15) is 31.7 Å². The molecule has 156 valence electrons. The predicted octanol–water partition coefficient (Wildman–Crippen LogP) is 1.91. The molecule has 0 unspecified atom stereocenters. The van der Waals surface area contributed by atoms with Crippen molar-refractivity contribution in [1.82, 2.24) is 14.7 Å². The number of hydrogen-bond acceptors (Lipinski definition) is 5. The molecule has 0 spiro atoms. The summed E-state index contributed by atoms with van der Waals surface area (Å²) in [6, 6.07) is 8.74. The first-order chi connectivity index (χ1) is 13.5. The number of hydrogen-bond donors (Lipinski definition) is 1. The molecule has 2 aliphatic heterocycles. The molecule has 28 heavy (non-hydrogen) atoms. The lowest BCUT2D eigenvalue weighted by atomic mass is 10.1. The molecule has 1 aromatic rings. The van der Waals surface area contributed by atoms with Crippen molar-refractivity contribution < 1.29 is 19.4 Å². The van der Waals surface area contributed by atoms with Crippen LogP contribution < -0.4 is 4.74 Å². The van der Waals surface area contributed by atoms with Crippen molar-refractivity contribution in [2.75, 3.05) is 40.3 Å². The molecule has 2 aliphatic rings. The van der Waals surface area contributed by atoms with E-state index in [0.717, 1.165) is 57.8 Å². The molecule has 3 rings (SSSR count). The first-order valence-corrected chi connectivity index (χ1v) is 9.95. The number of benzene rings is 1. The highest BCUT2D eigenvalue weighted by atomic mass is 16.5. The van der Waals surface area contributed by atoms with Crippen LogP contribution in [0.15, 0.2) is 24.3 Å². The van der Waals surface area contributed by atoms with Gasteiger partial charge < -0.3 is 19.6 Å². The van der Waals surface area contributed by atoms with Crippen LogP contribution in [0, 0.1) is 0 Å². The number of nitrogens with zero attached hydrogens (tertiary/aromatic N) is 3. The van der Waals surface area contributed by atoms with E-state index in [1.54, 1.807) is 0 Å². The molecule has 0 aliphatic carbocycles. The van der Waals surface area contributed by atoms with Gasteiger partial charge in [0.2, 0.25) is 5.91 Å². The average Bonchev–Trinajstić information content (AvgIpc) is 3.13. The van der Waals surface area contributed by atoms with E-state index < -0.39 is 0 Å². The van der Waals surface area contributed by atoms with Gasteiger partial charge in [-0.2, -0.15) is 0 Å². The number of carboxylic acid groups (broad SMARTS) is 1. The molecular weight excluding hydrogens is 358 g/mol. The molecule has 1 N–H and O–H groups in total. The van der Waals surface area contributed by atoms with Gasteiger partial charge in [0.05, 0.1) is 12.6 Å². The Balaban J connectivity index is 0.000000878. The molecule has 7 heteroatoms. The van der Waals surface area contributed by atoms with Gasteiger partial charge in [0.15, 0.2) is 0 Å². The average molecular weight is 392 g/mol. The Morgan fingerprint density at radius 2 is 1.96 bits per heavy atom. The molecule has 2 atom stereocenters. The number of amides is 1. The standard InChI is InChI=1S/C20H31N3O2.CH2O2/c1-16-20(24)23-12-4-6-18(23)15-22(16)14-17-7-9-19(10-8-17)25-13-5-11-21(2)3;2-1-3/h7-10,16,18H,4-6,11-15H2,1-3H3;1H,(H,2,3)/t16-,18-;/m0./s1. The second kappa shape index (κ2) is 11.0. The number of fused-ring (bicyclic) bond motifs is 1. The topological polar surface area (TPSA) is 73.3 Å². The lowest BCUT2D eigenvalue weighted by Crippen LogP contribution is -2.58. The summed E-state index contributed by atoms with van der Waals surface area (Å²) in [6.45, 7) is 6.35. The van der Waals surface area contributed by atoms with Crippen molar-refractivity contribution in [3.63, 3.8) is 0 Å². The molecule has 2 saturated heterocycles. The quantitative estimate of drug-likeness (QED) is 0.565. The number of carbonyl (C=O) groups is 2. The van der Waals surface area contributed by atoms with Crippen molar-refractivity contribution in [3.05, 3.63) is 29.8 Å². The van der Waals surface area contributed by atoms with Crippen LogP contribution >= 0.6 is 0 Å². The fourth-order valence-electron chi connectivity index (χ4n) is 3.84. The summed E-state index contributed by atoms with van der Waals surface area (Å²) >= 11 is 0. The predicted molar refractivity (Wildman–Crippen MR) is 108 cm³/mol. The molecule has 2 heterocycles. The Morgan fingerprint density at radius 1 is 1.29 bits per heavy atom. The number of piperazine rings is 1. The third kappa shape index (κ3) is 6.21. The number of carbonyl (C=O) groups excluding carboxylic acids is 1. The highest BCUT2D eigenvalue weighted by Crippen LogP contribution is 2.27. The lowest BCUT2D eigenvalue weighted by Gasteiger charge is -2.41. The van der Waals surface area contributed by atoms with Gasteiger partial charge in [-0.05, 0) is 58.0 Å². The minimum atomic E-state index is -0.250. The van der Waals surface area contributed by atoms with Gasteiger partial charge in [0, 0.05) is 32.2 Å². The first-order valence-electron chi connectivity index (χ1n) is 9.95. The summed E-state index contributed by atoms with van der Waals surface area (Å²) in [6.07, 6.45) is 3.32. The second-order valence-electron chi connectivity index (χ2n) is 7.69. The monoisotopic (exact) mass is 391 g/mol. The van der Waals surface area contributed by atoms with Crippen molar-refractivity contribution in [2.45, 2.75) is 44.8 Å². The largest absolute Gasteiger partial charge is 0.494 e. The fraction of sp³-hybridized carbons (Fsp3) is 0.619. The Kier molecular flexibility index (Phi) is 8.73. The molecule has 0 aromatic heterocycles. The smallest absolute Gasteiger partial charge is 0.290 e. The molecule has 0 saturated carbocycles. The zero-order valence-corrected chi connectivity index (χ0v) is 17.2. The van der Waals surface area contributed by atoms with Crippen LogP contribution in [0.5, 0.6) is 5.75 Å². The molecule has 1 amide bonds. The van der Waals surface area contributed by atoms with Crippen molar-refractivity contribution >= 4 is 12.4 Å². The van der Waals surface area contributed by atoms with E-state index >= 15 is 0 Å². The Bertz CT molecular complexity index is 621. The molecular formula is C21H33N3O4. The van der Waals surface area contributed by atoms with Gasteiger partial charge in [0.25, 0.3) is 6.47 Å². The highest BCUT2D eigenvalue weighted by Gasteiger charge is 2.39. The maximum Gasteiger partial charge on any atom is 0.290 e. The van der Waals surface area contributed by atoms with Gasteiger partial charge in [0.1, 0.15) is 5.75 Å². The van der Waals surface area contributed by atoms with Crippen LogP contribution in [-0.4, -0.2) is 84.6 Å². The summed E-state index contributed by atoms with van der Waals surface area (Å²) < 4.78 is 5.80. The van der Waals surface area contributed by atoms with Gasteiger partial charge in [-0.3, -0.25) is 14.5 Å². The summed E-state index contributed by atoms with van der Waals surface area (Å²) in [5.74, 6) is 1.22. The third-order valence-corrected chi connectivity index (χ3v) is 5.34. The van der Waals surface area contributed by atoms with Crippen molar-refractivity contribution in [1.29, 1.82) is 0 Å². The lowest BCUT2D eigenvalue weighted by molar-refractivity contribution is -0.143. The number of rotatable bonds is 7. The molecule has 0 bridgehead atoms. The van der Waals surface area contributed by atoms with E-state index in [4.69, 9.17) is 14.6 Å². The van der Waals surface area contributed by atoms with E-state index in [9.17, 15) is 4.79 Å². The normalized spacial score (nSPS) is 21.9. The summed E-state index contributed by atoms with van der Waals surface area (Å²) in [5, 5.41) is 6.89. The van der Waals surface area contributed by atoms with E-state index in [1.165, 1.54) is 5.56 Å². The van der Waals surface area contributed by atoms with Crippen LogP contribution in [0.3, 0.4) is 0 Å². The zero-order valence-electron chi connectivity index (χ0n) is 17.2. The SMILES string of the molecule is C[C@H]1C(=O)N2CCC[C@H]2CN1Cc1ccc(OCCCN(C)C)cc1.O=CO. The van der Waals surface area contributed by atoms with Crippen molar-refractivity contribution in [3.8, 4) is 5.75 Å². The van der Waals surface area contributed by atoms with Crippen molar-refractivity contribution in [2.24, 2.45) is 0 Å². The maximum atomic E-state index is 12.5. The van der Waals surface area contributed by atoms with Gasteiger partial charge in [-0.1, -0.05) is 12.1 Å². The Morgan fingerprint density at radius 3 is 2.61 bits per heavy atom. The van der Waals surface area contributed by atoms with E-state index in [0.29, 0.717) is 11.9 Å². The fourth-order valence-corrected chi connectivity index (χ4v) is 3.84. The minimum absolute atomic E-state index is 0.0173. The molecule has 2 fully saturated rings. The first kappa shape index (κ1) is 22.2. The summed E-state index contributed by atoms with van der Waals surface area (Å²) in [5.41, 5.74) is 1.24. The summed E-state index contributed by atoms with van der Waals surface area (Å²) in [7, 11) is 4.15. The number of ether oxygens (including phenoxy) is 1. The van der Waals surface area contributed by atoms with Crippen LogP contribution in [-0.2, 0) is 16.1 Å². The Labute approximate surface area is 167 Å². The van der Waals surface area contributed by atoms with E-state index in [2.05, 4.69) is 40.9 Å². The summed E-state index contributed by atoms with van der Waals surface area (Å²) in [4.78, 5) is 27.5. The Hall–Kier alpha value is -2.12. The van der Waals surface area contributed by atoms with E-state index in [1.807, 2.05) is 19.1 Å². The molecule has 0 radical (unpaired) electrons. The third-order valence-electron chi connectivity index (χ3n) is 5.34. The van der Waals surface area contributed by atoms with Crippen LogP contribution in [0.25, 0.3) is 0 Å². The van der Waals surface area contributed by atoms with Gasteiger partial charge in [-0.15, -0.1) is 0 Å². The van der Waals surface area contributed by atoms with Gasteiger partial charge in [-0.25, -0.2) is 0 Å². The molecule has 1 aromatic carbocycles. The zero-order chi connectivity index (χ0) is 20.5. The highest BCUT2D eigenvalue weighted by molar-refractivity contribution is 5.83. The van der Waals surface area contributed by atoms with Crippen LogP contribution in [0.4, 0.5) is 0 Å². The van der Waals surface area contributed by atoms with E-state index in [-0.39, 0.29) is 12.5 Å². The van der Waals surface area contributed by atoms with Gasteiger partial charge >= 0.3 is 0 Å². The maximum absolute atomic E-state index is 12.5. The second-order valence-corrected chi connectivity index (χ2v) is 7.69. The minimum Gasteiger partial charge on any atom is -0.494 e. The molecule has 7 nitrogen and oxygen atoms in total. The van der Waals surface area contributed by atoms with Crippen LogP contribution in [0.2, 0.25) is 0 Å².